The van der Waals surface area contributed by atoms with E-state index in [2.05, 4.69) is 40.5 Å². The molecule has 19 heavy (non-hydrogen) atoms. The van der Waals surface area contributed by atoms with Gasteiger partial charge in [-0.25, -0.2) is 4.98 Å². The summed E-state index contributed by atoms with van der Waals surface area (Å²) in [5.74, 6) is 1.45. The Kier molecular flexibility index (Phi) is 6.56. The summed E-state index contributed by atoms with van der Waals surface area (Å²) in [6.45, 7) is 13.3. The summed E-state index contributed by atoms with van der Waals surface area (Å²) in [5, 5.41) is 0. The molecule has 0 atom stereocenters. The van der Waals surface area contributed by atoms with Crippen LogP contribution in [-0.4, -0.2) is 47.6 Å². The Labute approximate surface area is 115 Å². The van der Waals surface area contributed by atoms with Gasteiger partial charge < -0.3 is 14.8 Å². The molecule has 0 aromatic carbocycles. The van der Waals surface area contributed by atoms with Crippen molar-refractivity contribution in [3.63, 3.8) is 0 Å². The van der Waals surface area contributed by atoms with E-state index < -0.39 is 0 Å². The zero-order valence-electron chi connectivity index (χ0n) is 12.6. The first-order valence-corrected chi connectivity index (χ1v) is 7.15. The van der Waals surface area contributed by atoms with E-state index in [1.54, 1.807) is 6.07 Å². The number of aromatic amines is 1. The Balaban J connectivity index is 2.60. The Morgan fingerprint density at radius 3 is 2.37 bits per heavy atom. The highest BCUT2D eigenvalue weighted by molar-refractivity contribution is 5.36. The number of anilines is 1. The fourth-order valence-electron chi connectivity index (χ4n) is 2.19. The summed E-state index contributed by atoms with van der Waals surface area (Å²) in [7, 11) is 0. The summed E-state index contributed by atoms with van der Waals surface area (Å²) in [4.78, 5) is 23.1. The number of hydrogen-bond acceptors (Lipinski definition) is 4. The van der Waals surface area contributed by atoms with Crippen molar-refractivity contribution < 1.29 is 0 Å². The van der Waals surface area contributed by atoms with Crippen molar-refractivity contribution in [1.29, 1.82) is 0 Å². The number of hydrogen-bond donors (Lipinski definition) is 1. The zero-order valence-corrected chi connectivity index (χ0v) is 12.6. The van der Waals surface area contributed by atoms with Crippen molar-refractivity contribution in [1.82, 2.24) is 14.9 Å². The third-order valence-electron chi connectivity index (χ3n) is 3.35. The molecule has 5 nitrogen and oxygen atoms in total. The van der Waals surface area contributed by atoms with Gasteiger partial charge in [0.05, 0.1) is 0 Å². The van der Waals surface area contributed by atoms with Gasteiger partial charge in [0.1, 0.15) is 11.6 Å². The van der Waals surface area contributed by atoms with Crippen LogP contribution in [0, 0.1) is 6.92 Å². The second kappa shape index (κ2) is 7.94. The Bertz CT molecular complexity index is 426. The minimum absolute atomic E-state index is 0.0790. The van der Waals surface area contributed by atoms with Crippen LogP contribution in [0.4, 0.5) is 5.82 Å². The van der Waals surface area contributed by atoms with Crippen molar-refractivity contribution in [2.24, 2.45) is 0 Å². The molecule has 0 aliphatic rings. The van der Waals surface area contributed by atoms with Crippen LogP contribution in [0.5, 0.6) is 0 Å². The van der Waals surface area contributed by atoms with Gasteiger partial charge in [-0.15, -0.1) is 0 Å². The second-order valence-corrected chi connectivity index (χ2v) is 4.65. The molecule has 1 aromatic rings. The first kappa shape index (κ1) is 15.7. The number of rotatable bonds is 8. The summed E-state index contributed by atoms with van der Waals surface area (Å²) in [6, 6.07) is 1.58. The predicted molar refractivity (Wildman–Crippen MR) is 79.9 cm³/mol. The molecule has 5 heteroatoms. The number of aryl methyl sites for hydroxylation is 1. The molecule has 0 saturated carbocycles. The average Bonchev–Trinajstić information content (AvgIpc) is 2.38. The first-order chi connectivity index (χ1) is 9.10. The quantitative estimate of drug-likeness (QED) is 0.777. The largest absolute Gasteiger partial charge is 0.357 e. The summed E-state index contributed by atoms with van der Waals surface area (Å²) < 4.78 is 0. The molecule has 0 radical (unpaired) electrons. The van der Waals surface area contributed by atoms with Crippen molar-refractivity contribution in [3.8, 4) is 0 Å². The normalized spacial score (nSPS) is 11.0. The highest BCUT2D eigenvalue weighted by Gasteiger charge is 2.08. The van der Waals surface area contributed by atoms with Crippen LogP contribution in [0.25, 0.3) is 0 Å². The zero-order chi connectivity index (χ0) is 14.3. The fraction of sp³-hybridized carbons (Fsp3) is 0.714. The number of H-pyrrole nitrogens is 1. The summed E-state index contributed by atoms with van der Waals surface area (Å²) in [5.41, 5.74) is -0.0790. The van der Waals surface area contributed by atoms with E-state index >= 15 is 0 Å². The van der Waals surface area contributed by atoms with Crippen molar-refractivity contribution in [2.75, 3.05) is 37.6 Å². The van der Waals surface area contributed by atoms with E-state index in [0.29, 0.717) is 5.82 Å². The molecular weight excluding hydrogens is 240 g/mol. The van der Waals surface area contributed by atoms with Crippen LogP contribution in [0.1, 0.15) is 33.0 Å². The van der Waals surface area contributed by atoms with Gasteiger partial charge in [0.25, 0.3) is 5.56 Å². The van der Waals surface area contributed by atoms with Crippen molar-refractivity contribution in [2.45, 2.75) is 34.1 Å². The molecule has 0 aliphatic carbocycles. The molecular formula is C14H26N4O. The van der Waals surface area contributed by atoms with E-state index in [9.17, 15) is 4.79 Å². The fourth-order valence-corrected chi connectivity index (χ4v) is 2.19. The molecule has 0 bridgehead atoms. The molecule has 0 saturated heterocycles. The third kappa shape index (κ3) is 5.03. The number of nitrogens with one attached hydrogen (secondary N) is 1. The lowest BCUT2D eigenvalue weighted by Crippen LogP contribution is -2.31. The minimum atomic E-state index is -0.0790. The van der Waals surface area contributed by atoms with Gasteiger partial charge in [0.15, 0.2) is 0 Å². The SMILES string of the molecule is CCN(CC)CCCN(CC)c1cc(=O)[nH]c(C)n1. The predicted octanol–water partition coefficient (Wildman–Crippen LogP) is 1.64. The Morgan fingerprint density at radius 1 is 1.16 bits per heavy atom. The molecule has 0 unspecified atom stereocenters. The summed E-state index contributed by atoms with van der Waals surface area (Å²) >= 11 is 0. The molecule has 1 heterocycles. The van der Waals surface area contributed by atoms with Crippen LogP contribution in [0.3, 0.4) is 0 Å². The van der Waals surface area contributed by atoms with E-state index in [1.807, 2.05) is 6.92 Å². The second-order valence-electron chi connectivity index (χ2n) is 4.65. The maximum atomic E-state index is 11.5. The van der Waals surface area contributed by atoms with Gasteiger partial charge in [0.2, 0.25) is 0 Å². The van der Waals surface area contributed by atoms with Crippen LogP contribution in [0.2, 0.25) is 0 Å². The molecule has 0 aliphatic heterocycles. The van der Waals surface area contributed by atoms with E-state index in [1.165, 1.54) is 0 Å². The third-order valence-corrected chi connectivity index (χ3v) is 3.35. The standard InChI is InChI=1S/C14H26N4O/c1-5-17(6-2)9-8-10-18(7-3)13-11-14(19)16-12(4)15-13/h11H,5-10H2,1-4H3,(H,15,16,19). The lowest BCUT2D eigenvalue weighted by Gasteiger charge is -2.24. The molecule has 0 spiro atoms. The minimum Gasteiger partial charge on any atom is -0.357 e. The molecule has 108 valence electrons. The Morgan fingerprint density at radius 2 is 1.84 bits per heavy atom. The highest BCUT2D eigenvalue weighted by Crippen LogP contribution is 2.08. The van der Waals surface area contributed by atoms with Crippen molar-refractivity contribution in [3.05, 3.63) is 22.2 Å². The Hall–Kier alpha value is -1.36. The molecule has 1 N–H and O–H groups in total. The van der Waals surface area contributed by atoms with Gasteiger partial charge in [-0.3, -0.25) is 4.79 Å². The van der Waals surface area contributed by atoms with Gasteiger partial charge >= 0.3 is 0 Å². The van der Waals surface area contributed by atoms with Gasteiger partial charge in [-0.2, -0.15) is 0 Å². The topological polar surface area (TPSA) is 52.2 Å². The molecule has 1 aromatic heterocycles. The number of nitrogens with zero attached hydrogens (tertiary/aromatic N) is 3. The lowest BCUT2D eigenvalue weighted by atomic mass is 10.3. The highest BCUT2D eigenvalue weighted by atomic mass is 16.1. The summed E-state index contributed by atoms with van der Waals surface area (Å²) in [6.07, 6.45) is 1.09. The first-order valence-electron chi connectivity index (χ1n) is 7.15. The van der Waals surface area contributed by atoms with Crippen LogP contribution < -0.4 is 10.5 Å². The van der Waals surface area contributed by atoms with E-state index in [4.69, 9.17) is 0 Å². The van der Waals surface area contributed by atoms with Gasteiger partial charge in [-0.05, 0) is 39.9 Å². The molecule has 0 fully saturated rings. The van der Waals surface area contributed by atoms with Crippen LogP contribution >= 0.6 is 0 Å². The molecule has 0 amide bonds. The molecule has 1 rings (SSSR count). The number of aromatic nitrogens is 2. The average molecular weight is 266 g/mol. The van der Waals surface area contributed by atoms with Gasteiger partial charge in [-0.1, -0.05) is 13.8 Å². The lowest BCUT2D eigenvalue weighted by molar-refractivity contribution is 0.300. The maximum absolute atomic E-state index is 11.5. The smallest absolute Gasteiger partial charge is 0.252 e. The van der Waals surface area contributed by atoms with Crippen LogP contribution in [0.15, 0.2) is 10.9 Å². The van der Waals surface area contributed by atoms with E-state index in [0.717, 1.165) is 45.0 Å². The van der Waals surface area contributed by atoms with Gasteiger partial charge in [0, 0.05) is 19.2 Å². The van der Waals surface area contributed by atoms with E-state index in [-0.39, 0.29) is 5.56 Å². The maximum Gasteiger partial charge on any atom is 0.252 e. The van der Waals surface area contributed by atoms with Crippen molar-refractivity contribution >= 4 is 5.82 Å². The van der Waals surface area contributed by atoms with Crippen LogP contribution in [-0.2, 0) is 0 Å². The monoisotopic (exact) mass is 266 g/mol.